The molecule has 1 aromatic rings. The first-order valence-corrected chi connectivity index (χ1v) is 12.1. The smallest absolute Gasteiger partial charge is 0.320 e. The maximum absolute atomic E-state index is 11.4. The molecule has 1 saturated carbocycles. The molecule has 0 spiro atoms. The van der Waals surface area contributed by atoms with Crippen LogP contribution < -0.4 is 10.6 Å². The van der Waals surface area contributed by atoms with Gasteiger partial charge in [-0.3, -0.25) is 9.69 Å². The summed E-state index contributed by atoms with van der Waals surface area (Å²) in [6.45, 7) is 7.89. The molecular formula is C25H38N4O2. The first-order chi connectivity index (χ1) is 15.0. The number of allylic oxidation sites excluding steroid dienone is 2. The van der Waals surface area contributed by atoms with Gasteiger partial charge in [0.1, 0.15) is 11.9 Å². The molecule has 0 radical (unpaired) electrons. The normalized spacial score (nSPS) is 21.4. The van der Waals surface area contributed by atoms with Gasteiger partial charge in [-0.2, -0.15) is 0 Å². The van der Waals surface area contributed by atoms with E-state index in [2.05, 4.69) is 34.6 Å². The summed E-state index contributed by atoms with van der Waals surface area (Å²) in [4.78, 5) is 18.3. The van der Waals surface area contributed by atoms with Crippen LogP contribution in [0.5, 0.6) is 0 Å². The number of nitrogens with zero attached hydrogens (tertiary/aromatic N) is 2. The Bertz CT molecular complexity index is 821. The number of nitrogens with one attached hydrogen (secondary N) is 2. The Morgan fingerprint density at radius 2 is 2.03 bits per heavy atom. The van der Waals surface area contributed by atoms with Crippen LogP contribution in [0.2, 0.25) is 0 Å². The zero-order valence-corrected chi connectivity index (χ0v) is 19.2. The monoisotopic (exact) mass is 426 g/mol. The lowest BCUT2D eigenvalue weighted by atomic mass is 9.72. The Morgan fingerprint density at radius 1 is 1.26 bits per heavy atom. The number of piperidine rings is 1. The van der Waals surface area contributed by atoms with Crippen LogP contribution in [-0.4, -0.2) is 53.2 Å². The minimum atomic E-state index is -0.717. The van der Waals surface area contributed by atoms with E-state index in [-0.39, 0.29) is 5.41 Å². The SMILES string of the molecule is CC(C(=O)O)N1CCC(C)(C(NCCCc2ccc3c(n2)NCCC3)=C2CCC2)CC1. The molecule has 3 heterocycles. The van der Waals surface area contributed by atoms with Crippen molar-refractivity contribution < 1.29 is 9.90 Å². The largest absolute Gasteiger partial charge is 0.480 e. The van der Waals surface area contributed by atoms with Gasteiger partial charge in [-0.25, -0.2) is 4.98 Å². The number of likely N-dealkylation sites (tertiary alicyclic amines) is 1. The van der Waals surface area contributed by atoms with Crippen LogP contribution in [0.15, 0.2) is 23.4 Å². The lowest BCUT2D eigenvalue weighted by molar-refractivity contribution is -0.143. The topological polar surface area (TPSA) is 77.5 Å². The molecule has 3 N–H and O–H groups in total. The minimum absolute atomic E-state index is 0.137. The molecule has 0 aromatic carbocycles. The number of rotatable bonds is 8. The number of aliphatic carboxylic acids is 1. The summed E-state index contributed by atoms with van der Waals surface area (Å²) < 4.78 is 0. The number of pyridine rings is 1. The number of hydrogen-bond acceptors (Lipinski definition) is 5. The highest BCUT2D eigenvalue weighted by atomic mass is 16.4. The highest BCUT2D eigenvalue weighted by molar-refractivity contribution is 5.72. The Morgan fingerprint density at radius 3 is 2.71 bits per heavy atom. The Hall–Kier alpha value is -2.08. The fraction of sp³-hybridized carbons (Fsp3) is 0.680. The third-order valence-corrected chi connectivity index (χ3v) is 7.58. The van der Waals surface area contributed by atoms with Gasteiger partial charge in [0.05, 0.1) is 0 Å². The molecule has 4 rings (SSSR count). The van der Waals surface area contributed by atoms with E-state index in [1.807, 2.05) is 0 Å². The number of carboxylic acids is 1. The molecule has 1 unspecified atom stereocenters. The third-order valence-electron chi connectivity index (χ3n) is 7.58. The van der Waals surface area contributed by atoms with Crippen LogP contribution in [-0.2, 0) is 17.6 Å². The van der Waals surface area contributed by atoms with Crippen LogP contribution in [0.25, 0.3) is 0 Å². The molecule has 170 valence electrons. The van der Waals surface area contributed by atoms with Crippen molar-refractivity contribution in [2.45, 2.75) is 77.7 Å². The average Bonchev–Trinajstić information content (AvgIpc) is 2.74. The first kappa shape index (κ1) is 22.1. The van der Waals surface area contributed by atoms with E-state index < -0.39 is 12.0 Å². The van der Waals surface area contributed by atoms with Gasteiger partial charge in [0.15, 0.2) is 0 Å². The summed E-state index contributed by atoms with van der Waals surface area (Å²) in [6, 6.07) is 4.04. The van der Waals surface area contributed by atoms with Gasteiger partial charge in [0.2, 0.25) is 0 Å². The van der Waals surface area contributed by atoms with Crippen LogP contribution in [0.1, 0.15) is 70.1 Å². The first-order valence-electron chi connectivity index (χ1n) is 12.1. The van der Waals surface area contributed by atoms with Crippen molar-refractivity contribution in [3.63, 3.8) is 0 Å². The number of hydrogen-bond donors (Lipinski definition) is 3. The van der Waals surface area contributed by atoms with Crippen molar-refractivity contribution in [3.05, 3.63) is 34.7 Å². The molecule has 1 aromatic heterocycles. The van der Waals surface area contributed by atoms with Crippen molar-refractivity contribution in [2.75, 3.05) is 31.5 Å². The van der Waals surface area contributed by atoms with E-state index in [9.17, 15) is 9.90 Å². The highest BCUT2D eigenvalue weighted by Gasteiger charge is 2.38. The quantitative estimate of drug-likeness (QED) is 0.546. The third kappa shape index (κ3) is 5.05. The molecule has 2 aliphatic heterocycles. The molecule has 31 heavy (non-hydrogen) atoms. The van der Waals surface area contributed by atoms with Gasteiger partial charge in [-0.15, -0.1) is 0 Å². The van der Waals surface area contributed by atoms with E-state index >= 15 is 0 Å². The zero-order valence-electron chi connectivity index (χ0n) is 19.2. The fourth-order valence-corrected chi connectivity index (χ4v) is 5.17. The van der Waals surface area contributed by atoms with Crippen molar-refractivity contribution in [1.82, 2.24) is 15.2 Å². The van der Waals surface area contributed by atoms with Crippen molar-refractivity contribution in [2.24, 2.45) is 5.41 Å². The summed E-state index contributed by atoms with van der Waals surface area (Å²) in [7, 11) is 0. The summed E-state index contributed by atoms with van der Waals surface area (Å²) in [5, 5.41) is 16.6. The molecule has 1 saturated heterocycles. The standard InChI is InChI=1S/C25H38N4O2/c1-18(24(30)31)29-16-12-25(2,13-17-29)22(19-6-3-7-19)26-14-5-9-21-11-10-20-8-4-15-27-23(20)28-21/h10-11,18,26H,3-9,12-17H2,1-2H3,(H,27,28)(H,30,31). The van der Waals surface area contributed by atoms with Gasteiger partial charge in [-0.1, -0.05) is 18.6 Å². The number of carbonyl (C=O) groups is 1. The maximum atomic E-state index is 11.4. The minimum Gasteiger partial charge on any atom is -0.480 e. The van der Waals surface area contributed by atoms with Gasteiger partial charge in [0.25, 0.3) is 0 Å². The van der Waals surface area contributed by atoms with Crippen LogP contribution in [0.3, 0.4) is 0 Å². The summed E-state index contributed by atoms with van der Waals surface area (Å²) in [5.74, 6) is 0.370. The molecule has 0 amide bonds. The molecule has 6 heteroatoms. The molecular weight excluding hydrogens is 388 g/mol. The second-order valence-corrected chi connectivity index (χ2v) is 9.81. The highest BCUT2D eigenvalue weighted by Crippen LogP contribution is 2.43. The van der Waals surface area contributed by atoms with Crippen LogP contribution >= 0.6 is 0 Å². The number of anilines is 1. The van der Waals surface area contributed by atoms with Crippen LogP contribution in [0, 0.1) is 5.41 Å². The van der Waals surface area contributed by atoms with E-state index in [0.717, 1.165) is 64.1 Å². The molecule has 2 fully saturated rings. The fourth-order valence-electron chi connectivity index (χ4n) is 5.17. The maximum Gasteiger partial charge on any atom is 0.320 e. The van der Waals surface area contributed by atoms with E-state index in [4.69, 9.17) is 4.98 Å². The van der Waals surface area contributed by atoms with E-state index in [1.165, 1.54) is 42.6 Å². The zero-order chi connectivity index (χ0) is 21.8. The Labute approximate surface area is 186 Å². The molecule has 6 nitrogen and oxygen atoms in total. The van der Waals surface area contributed by atoms with Gasteiger partial charge in [-0.05, 0) is 89.4 Å². The van der Waals surface area contributed by atoms with Crippen molar-refractivity contribution in [1.29, 1.82) is 0 Å². The van der Waals surface area contributed by atoms with Gasteiger partial charge >= 0.3 is 5.97 Å². The molecule has 1 atom stereocenters. The second-order valence-electron chi connectivity index (χ2n) is 9.81. The number of aromatic nitrogens is 1. The van der Waals surface area contributed by atoms with Crippen LogP contribution in [0.4, 0.5) is 5.82 Å². The summed E-state index contributed by atoms with van der Waals surface area (Å²) >= 11 is 0. The number of aryl methyl sites for hydroxylation is 2. The molecule has 1 aliphatic carbocycles. The lowest BCUT2D eigenvalue weighted by Crippen LogP contribution is -2.48. The number of fused-ring (bicyclic) bond motifs is 1. The Kier molecular flexibility index (Phi) is 6.85. The molecule has 3 aliphatic rings. The van der Waals surface area contributed by atoms with Gasteiger partial charge in [0, 0.05) is 29.9 Å². The summed E-state index contributed by atoms with van der Waals surface area (Å²) in [6.07, 6.45) is 10.2. The van der Waals surface area contributed by atoms with E-state index in [0.29, 0.717) is 0 Å². The predicted octanol–water partition coefficient (Wildman–Crippen LogP) is 3.98. The molecule has 0 bridgehead atoms. The Balaban J connectivity index is 1.32. The van der Waals surface area contributed by atoms with Crippen molar-refractivity contribution in [3.8, 4) is 0 Å². The predicted molar refractivity (Wildman–Crippen MR) is 124 cm³/mol. The lowest BCUT2D eigenvalue weighted by Gasteiger charge is -2.44. The van der Waals surface area contributed by atoms with Crippen molar-refractivity contribution >= 4 is 11.8 Å². The summed E-state index contributed by atoms with van der Waals surface area (Å²) in [5.41, 5.74) is 5.72. The number of carboxylic acid groups (broad SMARTS) is 1. The average molecular weight is 427 g/mol. The van der Waals surface area contributed by atoms with Gasteiger partial charge < -0.3 is 15.7 Å². The van der Waals surface area contributed by atoms with E-state index in [1.54, 1.807) is 12.5 Å². The second kappa shape index (κ2) is 9.60.